The van der Waals surface area contributed by atoms with Crippen molar-refractivity contribution in [1.82, 2.24) is 0 Å². The summed E-state index contributed by atoms with van der Waals surface area (Å²) in [7, 11) is 0. The molecule has 0 saturated carbocycles. The normalized spacial score (nSPS) is 10.4. The van der Waals surface area contributed by atoms with E-state index >= 15 is 0 Å². The van der Waals surface area contributed by atoms with Crippen LogP contribution in [0.3, 0.4) is 0 Å². The zero-order valence-corrected chi connectivity index (χ0v) is 12.5. The highest BCUT2D eigenvalue weighted by molar-refractivity contribution is 5.33. The van der Waals surface area contributed by atoms with Crippen molar-refractivity contribution in [2.75, 3.05) is 0 Å². The van der Waals surface area contributed by atoms with Gasteiger partial charge in [0.15, 0.2) is 0 Å². The molecule has 22 heavy (non-hydrogen) atoms. The van der Waals surface area contributed by atoms with Crippen LogP contribution < -0.4 is 4.74 Å². The maximum atomic E-state index is 5.83. The molecular formula is C21H19O. The number of benzene rings is 3. The third kappa shape index (κ3) is 4.23. The molecular weight excluding hydrogens is 268 g/mol. The Bertz CT molecular complexity index is 689. The number of rotatable bonds is 6. The van der Waals surface area contributed by atoms with E-state index in [0.717, 1.165) is 30.8 Å². The van der Waals surface area contributed by atoms with Gasteiger partial charge in [-0.3, -0.25) is 0 Å². The second-order valence-corrected chi connectivity index (χ2v) is 5.32. The van der Waals surface area contributed by atoms with Gasteiger partial charge in [-0.2, -0.15) is 0 Å². The van der Waals surface area contributed by atoms with Crippen molar-refractivity contribution in [2.24, 2.45) is 0 Å². The molecule has 1 radical (unpaired) electrons. The molecule has 0 heterocycles. The predicted octanol–water partition coefficient (Wildman–Crippen LogP) is 5.45. The fourth-order valence-corrected chi connectivity index (χ4v) is 2.46. The molecule has 0 aliphatic heterocycles. The van der Waals surface area contributed by atoms with E-state index in [4.69, 9.17) is 4.74 Å². The Morgan fingerprint density at radius 1 is 0.727 bits per heavy atom. The molecule has 3 aromatic rings. The summed E-state index contributed by atoms with van der Waals surface area (Å²) in [5.74, 6) is 1.63. The first-order valence-corrected chi connectivity index (χ1v) is 7.67. The third-order valence-corrected chi connectivity index (χ3v) is 3.58. The van der Waals surface area contributed by atoms with Crippen molar-refractivity contribution < 1.29 is 4.74 Å². The van der Waals surface area contributed by atoms with Gasteiger partial charge in [0.05, 0.1) is 0 Å². The number of para-hydroxylation sites is 1. The van der Waals surface area contributed by atoms with E-state index in [0.29, 0.717) is 0 Å². The van der Waals surface area contributed by atoms with Crippen LogP contribution in [0.4, 0.5) is 0 Å². The second-order valence-electron chi connectivity index (χ2n) is 5.32. The molecule has 0 saturated heterocycles. The average molecular weight is 287 g/mol. The maximum Gasteiger partial charge on any atom is 0.135 e. The van der Waals surface area contributed by atoms with Crippen LogP contribution in [0.15, 0.2) is 78.9 Å². The SMILES string of the molecule is [c]1ccc(CCCc2ccccc2)cc1Oc1ccccc1. The molecule has 0 amide bonds. The standard InChI is InChI=1S/C21H19O/c1-3-9-18(10-4-1)11-7-12-19-13-8-16-21(17-19)22-20-14-5-2-6-15-20/h1-6,8-10,13-15,17H,7,11-12H2. The fourth-order valence-electron chi connectivity index (χ4n) is 2.46. The molecule has 0 aliphatic rings. The quantitative estimate of drug-likeness (QED) is 0.585. The van der Waals surface area contributed by atoms with Gasteiger partial charge in [-0.05, 0) is 48.6 Å². The highest BCUT2D eigenvalue weighted by atomic mass is 16.5. The first kappa shape index (κ1) is 14.4. The molecule has 0 fully saturated rings. The smallest absolute Gasteiger partial charge is 0.135 e. The summed E-state index contributed by atoms with van der Waals surface area (Å²) in [6, 6.07) is 29.7. The summed E-state index contributed by atoms with van der Waals surface area (Å²) in [5, 5.41) is 0. The third-order valence-electron chi connectivity index (χ3n) is 3.58. The van der Waals surface area contributed by atoms with E-state index in [-0.39, 0.29) is 0 Å². The summed E-state index contributed by atoms with van der Waals surface area (Å²) >= 11 is 0. The van der Waals surface area contributed by atoms with Gasteiger partial charge >= 0.3 is 0 Å². The molecule has 0 aromatic heterocycles. The predicted molar refractivity (Wildman–Crippen MR) is 90.3 cm³/mol. The van der Waals surface area contributed by atoms with Crippen LogP contribution in [-0.4, -0.2) is 0 Å². The molecule has 0 atom stereocenters. The van der Waals surface area contributed by atoms with E-state index < -0.39 is 0 Å². The molecule has 0 N–H and O–H groups in total. The van der Waals surface area contributed by atoms with Crippen LogP contribution in [0.25, 0.3) is 0 Å². The number of ether oxygens (including phenoxy) is 1. The zero-order chi connectivity index (χ0) is 15.0. The zero-order valence-electron chi connectivity index (χ0n) is 12.5. The van der Waals surface area contributed by atoms with Gasteiger partial charge in [-0.15, -0.1) is 0 Å². The van der Waals surface area contributed by atoms with E-state index in [1.54, 1.807) is 0 Å². The van der Waals surface area contributed by atoms with E-state index in [9.17, 15) is 0 Å². The van der Waals surface area contributed by atoms with Crippen molar-refractivity contribution in [2.45, 2.75) is 19.3 Å². The first-order chi connectivity index (χ1) is 10.9. The average Bonchev–Trinajstić information content (AvgIpc) is 2.57. The van der Waals surface area contributed by atoms with Gasteiger partial charge in [0, 0.05) is 6.07 Å². The maximum absolute atomic E-state index is 5.83. The monoisotopic (exact) mass is 287 g/mol. The van der Waals surface area contributed by atoms with Crippen molar-refractivity contribution in [1.29, 1.82) is 0 Å². The molecule has 3 rings (SSSR count). The van der Waals surface area contributed by atoms with Gasteiger partial charge < -0.3 is 4.74 Å². The second kappa shape index (κ2) is 7.46. The van der Waals surface area contributed by atoms with Crippen LogP contribution in [0.2, 0.25) is 0 Å². The molecule has 1 heteroatoms. The molecule has 0 unspecified atom stereocenters. The Kier molecular flexibility index (Phi) is 4.88. The lowest BCUT2D eigenvalue weighted by Gasteiger charge is -2.07. The van der Waals surface area contributed by atoms with Crippen LogP contribution in [0.5, 0.6) is 11.5 Å². The lowest BCUT2D eigenvalue weighted by molar-refractivity contribution is 0.481. The van der Waals surface area contributed by atoms with Crippen molar-refractivity contribution in [3.63, 3.8) is 0 Å². The Morgan fingerprint density at radius 3 is 2.18 bits per heavy atom. The Morgan fingerprint density at radius 2 is 1.41 bits per heavy atom. The van der Waals surface area contributed by atoms with Gasteiger partial charge in [-0.1, -0.05) is 60.7 Å². The summed E-state index contributed by atoms with van der Waals surface area (Å²) in [6.07, 6.45) is 3.29. The van der Waals surface area contributed by atoms with Crippen molar-refractivity contribution in [3.05, 3.63) is 96.1 Å². The largest absolute Gasteiger partial charge is 0.457 e. The number of aryl methyl sites for hydroxylation is 2. The summed E-state index contributed by atoms with van der Waals surface area (Å²) in [6.45, 7) is 0. The minimum Gasteiger partial charge on any atom is -0.457 e. The van der Waals surface area contributed by atoms with Gasteiger partial charge in [0.2, 0.25) is 0 Å². The lowest BCUT2D eigenvalue weighted by atomic mass is 10.0. The van der Waals surface area contributed by atoms with Crippen LogP contribution in [0, 0.1) is 6.07 Å². The van der Waals surface area contributed by atoms with Gasteiger partial charge in [0.1, 0.15) is 11.5 Å². The Labute approximate surface area is 132 Å². The molecule has 0 spiro atoms. The van der Waals surface area contributed by atoms with Crippen LogP contribution in [-0.2, 0) is 12.8 Å². The lowest BCUT2D eigenvalue weighted by Crippen LogP contribution is -1.91. The molecule has 1 nitrogen and oxygen atoms in total. The summed E-state index contributed by atoms with van der Waals surface area (Å²) in [5.41, 5.74) is 2.69. The van der Waals surface area contributed by atoms with E-state index in [2.05, 4.69) is 48.5 Å². The Balaban J connectivity index is 1.57. The van der Waals surface area contributed by atoms with E-state index in [1.165, 1.54) is 11.1 Å². The van der Waals surface area contributed by atoms with Crippen LogP contribution in [0.1, 0.15) is 17.5 Å². The Hall–Kier alpha value is -2.54. The van der Waals surface area contributed by atoms with E-state index in [1.807, 2.05) is 36.4 Å². The minimum absolute atomic E-state index is 0.781. The van der Waals surface area contributed by atoms with Crippen molar-refractivity contribution >= 4 is 0 Å². The topological polar surface area (TPSA) is 9.23 Å². The first-order valence-electron chi connectivity index (χ1n) is 7.67. The molecule has 3 aromatic carbocycles. The van der Waals surface area contributed by atoms with Crippen molar-refractivity contribution in [3.8, 4) is 11.5 Å². The van der Waals surface area contributed by atoms with Gasteiger partial charge in [0.25, 0.3) is 0 Å². The summed E-state index contributed by atoms with van der Waals surface area (Å²) in [4.78, 5) is 0. The number of hydrogen-bond donors (Lipinski definition) is 0. The molecule has 109 valence electrons. The summed E-state index contributed by atoms with van der Waals surface area (Å²) < 4.78 is 5.83. The highest BCUT2D eigenvalue weighted by Gasteiger charge is 2.00. The fraction of sp³-hybridized carbons (Fsp3) is 0.143. The van der Waals surface area contributed by atoms with Gasteiger partial charge in [-0.25, -0.2) is 0 Å². The van der Waals surface area contributed by atoms with Crippen LogP contribution >= 0.6 is 0 Å². The minimum atomic E-state index is 0.781. The highest BCUT2D eigenvalue weighted by Crippen LogP contribution is 2.22. The molecule has 0 bridgehead atoms. The number of hydrogen-bond acceptors (Lipinski definition) is 1. The molecule has 0 aliphatic carbocycles.